The van der Waals surface area contributed by atoms with Crippen LogP contribution in [0.1, 0.15) is 30.1 Å². The summed E-state index contributed by atoms with van der Waals surface area (Å²) in [5.41, 5.74) is 1.41. The summed E-state index contributed by atoms with van der Waals surface area (Å²) in [4.78, 5) is 10.1. The van der Waals surface area contributed by atoms with Crippen molar-refractivity contribution < 1.29 is 0 Å². The van der Waals surface area contributed by atoms with E-state index < -0.39 is 0 Å². The summed E-state index contributed by atoms with van der Waals surface area (Å²) in [6.45, 7) is 7.84. The molecule has 0 aliphatic rings. The van der Waals surface area contributed by atoms with E-state index in [9.17, 15) is 0 Å². The van der Waals surface area contributed by atoms with Crippen molar-refractivity contribution in [3.05, 3.63) is 33.8 Å². The summed E-state index contributed by atoms with van der Waals surface area (Å²) in [5.74, 6) is 2.53. The van der Waals surface area contributed by atoms with Gasteiger partial charge in [-0.3, -0.25) is 0 Å². The Labute approximate surface area is 118 Å². The summed E-state index contributed by atoms with van der Waals surface area (Å²) < 4.78 is 0. The summed E-state index contributed by atoms with van der Waals surface area (Å²) in [7, 11) is 0. The molecule has 0 saturated heterocycles. The highest BCUT2D eigenvalue weighted by molar-refractivity contribution is 7.10. The lowest BCUT2D eigenvalue weighted by Crippen LogP contribution is -2.06. The lowest BCUT2D eigenvalue weighted by molar-refractivity contribution is 1.01. The topological polar surface area (TPSA) is 49.8 Å². The van der Waals surface area contributed by atoms with Gasteiger partial charge in [-0.25, -0.2) is 9.97 Å². The first-order chi connectivity index (χ1) is 9.22. The first kappa shape index (κ1) is 13.8. The summed E-state index contributed by atoms with van der Waals surface area (Å²) >= 11 is 1.79. The van der Waals surface area contributed by atoms with Crippen molar-refractivity contribution >= 4 is 23.0 Å². The molecule has 2 rings (SSSR count). The van der Waals surface area contributed by atoms with Gasteiger partial charge < -0.3 is 10.6 Å². The van der Waals surface area contributed by atoms with Crippen molar-refractivity contribution in [3.63, 3.8) is 0 Å². The van der Waals surface area contributed by atoms with Crippen LogP contribution in [0.25, 0.3) is 0 Å². The highest BCUT2D eigenvalue weighted by atomic mass is 32.1. The average Bonchev–Trinajstić information content (AvgIpc) is 2.83. The van der Waals surface area contributed by atoms with Crippen LogP contribution in [-0.2, 0) is 13.0 Å². The number of nitrogens with zero attached hydrogens (tertiary/aromatic N) is 2. The van der Waals surface area contributed by atoms with Gasteiger partial charge in [0.25, 0.3) is 0 Å². The van der Waals surface area contributed by atoms with Crippen LogP contribution in [0.5, 0.6) is 0 Å². The maximum atomic E-state index is 4.41. The molecule has 102 valence electrons. The first-order valence-electron chi connectivity index (χ1n) is 6.61. The largest absolute Gasteiger partial charge is 0.370 e. The Kier molecular flexibility index (Phi) is 4.74. The van der Waals surface area contributed by atoms with Crippen LogP contribution < -0.4 is 10.6 Å². The molecule has 0 amide bonds. The number of aromatic nitrogens is 2. The van der Waals surface area contributed by atoms with E-state index in [1.54, 1.807) is 11.3 Å². The molecule has 2 N–H and O–H groups in total. The van der Waals surface area contributed by atoms with Crippen molar-refractivity contribution in [1.29, 1.82) is 0 Å². The van der Waals surface area contributed by atoms with Gasteiger partial charge >= 0.3 is 0 Å². The Morgan fingerprint density at radius 1 is 1.16 bits per heavy atom. The smallest absolute Gasteiger partial charge is 0.132 e. The minimum absolute atomic E-state index is 0.780. The molecule has 0 unspecified atom stereocenters. The molecule has 0 radical (unpaired) electrons. The highest BCUT2D eigenvalue weighted by Gasteiger charge is 2.04. The fraction of sp³-hybridized carbons (Fsp3) is 0.429. The van der Waals surface area contributed by atoms with Crippen molar-refractivity contribution in [2.75, 3.05) is 17.2 Å². The predicted octanol–water partition coefficient (Wildman–Crippen LogP) is 3.45. The molecule has 2 aromatic rings. The van der Waals surface area contributed by atoms with Crippen LogP contribution in [0.2, 0.25) is 0 Å². The third-order valence-electron chi connectivity index (χ3n) is 2.84. The SMILES string of the molecule is CCNc1cc(NCc2sccc2CC)nc(C)n1. The van der Waals surface area contributed by atoms with E-state index in [4.69, 9.17) is 0 Å². The second-order valence-corrected chi connectivity index (χ2v) is 5.29. The summed E-state index contributed by atoms with van der Waals surface area (Å²) in [6, 6.07) is 4.15. The van der Waals surface area contributed by atoms with Gasteiger partial charge in [0.05, 0.1) is 6.54 Å². The van der Waals surface area contributed by atoms with Gasteiger partial charge in [-0.1, -0.05) is 6.92 Å². The molecule has 0 spiro atoms. The minimum atomic E-state index is 0.780. The van der Waals surface area contributed by atoms with E-state index in [0.29, 0.717) is 0 Å². The third kappa shape index (κ3) is 3.67. The monoisotopic (exact) mass is 276 g/mol. The third-order valence-corrected chi connectivity index (χ3v) is 3.81. The zero-order valence-electron chi connectivity index (χ0n) is 11.7. The fourth-order valence-corrected chi connectivity index (χ4v) is 2.85. The van der Waals surface area contributed by atoms with Gasteiger partial charge in [-0.15, -0.1) is 11.3 Å². The number of rotatable bonds is 6. The van der Waals surface area contributed by atoms with Crippen LogP contribution in [-0.4, -0.2) is 16.5 Å². The van der Waals surface area contributed by atoms with Gasteiger partial charge in [-0.05, 0) is 37.3 Å². The molecular weight excluding hydrogens is 256 g/mol. The molecule has 19 heavy (non-hydrogen) atoms. The molecular formula is C14H20N4S. The van der Waals surface area contributed by atoms with E-state index in [1.807, 2.05) is 13.0 Å². The lowest BCUT2D eigenvalue weighted by atomic mass is 10.2. The number of thiophene rings is 1. The van der Waals surface area contributed by atoms with Gasteiger partial charge in [-0.2, -0.15) is 0 Å². The maximum absolute atomic E-state index is 4.41. The second-order valence-electron chi connectivity index (χ2n) is 4.29. The molecule has 2 heterocycles. The molecule has 2 aromatic heterocycles. The highest BCUT2D eigenvalue weighted by Crippen LogP contribution is 2.19. The zero-order chi connectivity index (χ0) is 13.7. The molecule has 4 nitrogen and oxygen atoms in total. The Balaban J connectivity index is 2.06. The molecule has 0 aliphatic heterocycles. The van der Waals surface area contributed by atoms with E-state index in [0.717, 1.165) is 37.0 Å². The molecule has 0 aromatic carbocycles. The van der Waals surface area contributed by atoms with Gasteiger partial charge in [0, 0.05) is 17.5 Å². The standard InChI is InChI=1S/C14H20N4S/c1-4-11-6-7-19-12(11)9-16-14-8-13(15-5-2)17-10(3)18-14/h6-8H,4-5,9H2,1-3H3,(H2,15,16,17,18). The summed E-state index contributed by atoms with van der Waals surface area (Å²) in [6.07, 6.45) is 1.08. The molecule has 0 bridgehead atoms. The first-order valence-corrected chi connectivity index (χ1v) is 7.49. The van der Waals surface area contributed by atoms with Gasteiger partial charge in [0.1, 0.15) is 17.5 Å². The second kappa shape index (κ2) is 6.52. The Hall–Kier alpha value is -1.62. The minimum Gasteiger partial charge on any atom is -0.370 e. The Bertz CT molecular complexity index is 536. The number of nitrogens with one attached hydrogen (secondary N) is 2. The molecule has 0 atom stereocenters. The van der Waals surface area contributed by atoms with E-state index in [2.05, 4.69) is 45.9 Å². The van der Waals surface area contributed by atoms with Crippen LogP contribution in [0.3, 0.4) is 0 Å². The van der Waals surface area contributed by atoms with Crippen molar-refractivity contribution in [2.45, 2.75) is 33.7 Å². The molecule has 5 heteroatoms. The van der Waals surface area contributed by atoms with E-state index in [1.165, 1.54) is 10.4 Å². The van der Waals surface area contributed by atoms with Crippen molar-refractivity contribution in [2.24, 2.45) is 0 Å². The maximum Gasteiger partial charge on any atom is 0.132 e. The average molecular weight is 276 g/mol. The van der Waals surface area contributed by atoms with Crippen LogP contribution >= 0.6 is 11.3 Å². The number of hydrogen-bond donors (Lipinski definition) is 2. The van der Waals surface area contributed by atoms with Crippen molar-refractivity contribution in [3.8, 4) is 0 Å². The number of anilines is 2. The number of aryl methyl sites for hydroxylation is 2. The molecule has 0 fully saturated rings. The van der Waals surface area contributed by atoms with Crippen molar-refractivity contribution in [1.82, 2.24) is 9.97 Å². The molecule has 0 saturated carbocycles. The van der Waals surface area contributed by atoms with E-state index >= 15 is 0 Å². The zero-order valence-corrected chi connectivity index (χ0v) is 12.5. The fourth-order valence-electron chi connectivity index (χ4n) is 1.94. The molecule has 0 aliphatic carbocycles. The van der Waals surface area contributed by atoms with Crippen LogP contribution in [0.4, 0.5) is 11.6 Å². The summed E-state index contributed by atoms with van der Waals surface area (Å²) in [5, 5.41) is 8.74. The lowest BCUT2D eigenvalue weighted by Gasteiger charge is -2.09. The van der Waals surface area contributed by atoms with Gasteiger partial charge in [0.2, 0.25) is 0 Å². The van der Waals surface area contributed by atoms with E-state index in [-0.39, 0.29) is 0 Å². The van der Waals surface area contributed by atoms with Gasteiger partial charge in [0.15, 0.2) is 0 Å². The Morgan fingerprint density at radius 2 is 1.89 bits per heavy atom. The quantitative estimate of drug-likeness (QED) is 0.848. The van der Waals surface area contributed by atoms with Crippen LogP contribution in [0.15, 0.2) is 17.5 Å². The van der Waals surface area contributed by atoms with Crippen LogP contribution in [0, 0.1) is 6.92 Å². The Morgan fingerprint density at radius 3 is 2.58 bits per heavy atom. The number of hydrogen-bond acceptors (Lipinski definition) is 5. The predicted molar refractivity (Wildman–Crippen MR) is 82.0 cm³/mol. The normalized spacial score (nSPS) is 10.5.